The molecule has 1 aliphatic carbocycles. The molecule has 7 heteroatoms. The quantitative estimate of drug-likeness (QED) is 0.603. The molecule has 0 amide bonds. The predicted octanol–water partition coefficient (Wildman–Crippen LogP) is 1.26. The molecule has 0 saturated carbocycles. The van der Waals surface area contributed by atoms with Gasteiger partial charge in [-0.25, -0.2) is 4.99 Å². The molecule has 1 aliphatic heterocycles. The van der Waals surface area contributed by atoms with E-state index in [0.717, 1.165) is 5.57 Å². The van der Waals surface area contributed by atoms with Gasteiger partial charge in [0.25, 0.3) is 0 Å². The largest absolute Gasteiger partial charge is 0.398 e. The first-order valence-electron chi connectivity index (χ1n) is 8.23. The van der Waals surface area contributed by atoms with E-state index in [1.54, 1.807) is 19.1 Å². The molecule has 0 aromatic heterocycles. The van der Waals surface area contributed by atoms with Crippen molar-refractivity contribution in [3.63, 3.8) is 0 Å². The molecule has 132 valence electrons. The number of rotatable bonds is 0. The molecule has 0 saturated heterocycles. The molecule has 2 aliphatic rings. The van der Waals surface area contributed by atoms with Crippen LogP contribution in [0.5, 0.6) is 0 Å². The van der Waals surface area contributed by atoms with Gasteiger partial charge in [-0.15, -0.1) is 0 Å². The van der Waals surface area contributed by atoms with E-state index in [9.17, 15) is 10.5 Å². The average Bonchev–Trinajstić information content (AvgIpc) is 2.77. The molecule has 26 heavy (non-hydrogen) atoms. The number of hydrogen-bond donors (Lipinski definition) is 3. The fourth-order valence-electron chi connectivity index (χ4n) is 2.78. The van der Waals surface area contributed by atoms with Crippen molar-refractivity contribution in [3.8, 4) is 12.1 Å². The smallest absolute Gasteiger partial charge is 0.113 e. The second kappa shape index (κ2) is 7.12. The Morgan fingerprint density at radius 2 is 1.65 bits per heavy atom. The summed E-state index contributed by atoms with van der Waals surface area (Å²) in [5.74, 6) is 0. The van der Waals surface area contributed by atoms with Crippen LogP contribution in [0, 0.1) is 29.6 Å². The Morgan fingerprint density at radius 1 is 1.00 bits per heavy atom. The van der Waals surface area contributed by atoms with Gasteiger partial charge in [0.2, 0.25) is 0 Å². The molecule has 1 unspecified atom stereocenters. The zero-order chi connectivity index (χ0) is 19.6. The van der Waals surface area contributed by atoms with Crippen LogP contribution in [0.25, 0.3) is 0 Å². The summed E-state index contributed by atoms with van der Waals surface area (Å²) in [4.78, 5) is 9.28. The van der Waals surface area contributed by atoms with Gasteiger partial charge < -0.3 is 17.2 Å². The summed E-state index contributed by atoms with van der Waals surface area (Å²) in [6.45, 7) is 7.61. The Kier molecular flexibility index (Phi) is 5.14. The van der Waals surface area contributed by atoms with E-state index in [0.29, 0.717) is 38.9 Å². The van der Waals surface area contributed by atoms with E-state index >= 15 is 0 Å². The number of nitriles is 2. The maximum absolute atomic E-state index is 9.44. The van der Waals surface area contributed by atoms with Gasteiger partial charge in [0.1, 0.15) is 23.0 Å². The minimum atomic E-state index is -0.501. The maximum Gasteiger partial charge on any atom is 0.113 e. The Labute approximate surface area is 152 Å². The summed E-state index contributed by atoms with van der Waals surface area (Å²) in [5, 5.41) is 19.6. The number of hydrogen-bond acceptors (Lipinski definition) is 7. The number of fused-ring (bicyclic) bond motifs is 2. The Morgan fingerprint density at radius 3 is 2.23 bits per heavy atom. The highest BCUT2D eigenvalue weighted by Crippen LogP contribution is 2.26. The van der Waals surface area contributed by atoms with Gasteiger partial charge >= 0.3 is 0 Å². The molecule has 0 spiro atoms. The van der Waals surface area contributed by atoms with Crippen LogP contribution in [0.1, 0.15) is 31.9 Å². The first kappa shape index (κ1) is 18.8. The summed E-state index contributed by atoms with van der Waals surface area (Å²) >= 11 is 0. The van der Waals surface area contributed by atoms with E-state index in [-0.39, 0.29) is 11.3 Å². The predicted molar refractivity (Wildman–Crippen MR) is 101 cm³/mol. The Bertz CT molecular complexity index is 1070. The van der Waals surface area contributed by atoms with Crippen LogP contribution >= 0.6 is 0 Å². The van der Waals surface area contributed by atoms with Crippen molar-refractivity contribution in [3.05, 3.63) is 56.5 Å². The molecule has 7 nitrogen and oxygen atoms in total. The molecule has 6 N–H and O–H groups in total. The lowest BCUT2D eigenvalue weighted by atomic mass is 10.0. The first-order chi connectivity index (χ1) is 12.4. The Hall–Kier alpha value is -3.58. The molecule has 0 radical (unpaired) electrons. The van der Waals surface area contributed by atoms with Crippen LogP contribution in [0.3, 0.4) is 0 Å². The van der Waals surface area contributed by atoms with Crippen molar-refractivity contribution in [2.45, 2.75) is 33.7 Å². The molecule has 3 rings (SSSR count). The fraction of sp³-hybridized carbons (Fsp3) is 0.263. The van der Waals surface area contributed by atoms with Crippen LogP contribution in [0.4, 0.5) is 11.4 Å². The minimum Gasteiger partial charge on any atom is -0.398 e. The number of nitrogens with zero attached hydrogens (tertiary/aromatic N) is 4. The van der Waals surface area contributed by atoms with Crippen LogP contribution in [-0.4, -0.2) is 6.04 Å². The van der Waals surface area contributed by atoms with Crippen molar-refractivity contribution >= 4 is 11.4 Å². The summed E-state index contributed by atoms with van der Waals surface area (Å²) in [6, 6.07) is 3.63. The van der Waals surface area contributed by atoms with E-state index in [1.165, 1.54) is 0 Å². The zero-order valence-corrected chi connectivity index (χ0v) is 15.3. The van der Waals surface area contributed by atoms with Gasteiger partial charge in [0.15, 0.2) is 0 Å². The molecule has 1 atom stereocenters. The van der Waals surface area contributed by atoms with Gasteiger partial charge in [-0.2, -0.15) is 10.5 Å². The van der Waals surface area contributed by atoms with Crippen LogP contribution < -0.4 is 27.9 Å². The highest BCUT2D eigenvalue weighted by atomic mass is 14.9. The first-order valence-corrected chi connectivity index (χ1v) is 8.23. The summed E-state index contributed by atoms with van der Waals surface area (Å²) in [5.41, 5.74) is 21.6. The highest BCUT2D eigenvalue weighted by molar-refractivity contribution is 5.73. The number of allylic oxidation sites excluding steroid dienone is 3. The molecule has 0 fully saturated rings. The van der Waals surface area contributed by atoms with Gasteiger partial charge in [0, 0.05) is 11.3 Å². The maximum atomic E-state index is 9.44. The van der Waals surface area contributed by atoms with Gasteiger partial charge in [-0.3, -0.25) is 4.99 Å². The van der Waals surface area contributed by atoms with Crippen molar-refractivity contribution < 1.29 is 0 Å². The third-order valence-electron chi connectivity index (χ3n) is 4.27. The van der Waals surface area contributed by atoms with Crippen LogP contribution in [0.2, 0.25) is 0 Å². The third kappa shape index (κ3) is 2.80. The van der Waals surface area contributed by atoms with Gasteiger partial charge in [-0.1, -0.05) is 13.8 Å². The molecular formula is C19H21N7. The summed E-state index contributed by atoms with van der Waals surface area (Å²) < 4.78 is 0. The SMILES string of the molecule is CC.CC1=C2N=c3c(C)c(N)c(N)c(C#N)c3=NC2C=C(C#N)C=C1N. The van der Waals surface area contributed by atoms with E-state index < -0.39 is 6.04 Å². The van der Waals surface area contributed by atoms with Gasteiger partial charge in [-0.05, 0) is 31.6 Å². The number of nitrogens with two attached hydrogens (primary N) is 3. The molecule has 0 bridgehead atoms. The van der Waals surface area contributed by atoms with E-state index in [2.05, 4.69) is 16.1 Å². The lowest BCUT2D eigenvalue weighted by Gasteiger charge is -2.18. The van der Waals surface area contributed by atoms with Crippen molar-refractivity contribution in [2.75, 3.05) is 11.5 Å². The average molecular weight is 347 g/mol. The Balaban J connectivity index is 0.00000117. The minimum absolute atomic E-state index is 0.200. The second-order valence-electron chi connectivity index (χ2n) is 5.67. The molecule has 1 aromatic carbocycles. The van der Waals surface area contributed by atoms with Crippen molar-refractivity contribution in [2.24, 2.45) is 15.7 Å². The van der Waals surface area contributed by atoms with Crippen molar-refractivity contribution in [1.82, 2.24) is 0 Å². The number of benzene rings is 1. The second-order valence-corrected chi connectivity index (χ2v) is 5.67. The molecule has 1 heterocycles. The summed E-state index contributed by atoms with van der Waals surface area (Å²) in [6.07, 6.45) is 3.27. The molecular weight excluding hydrogens is 326 g/mol. The molecule has 1 aromatic rings. The van der Waals surface area contributed by atoms with Crippen LogP contribution in [-0.2, 0) is 0 Å². The van der Waals surface area contributed by atoms with Crippen LogP contribution in [0.15, 0.2) is 44.7 Å². The standard InChI is InChI=1S/C17H15N7.C2H6/c1-7-11(20)3-9(5-18)4-12-15(7)24-16-8(2)13(21)14(22)10(6-19)17(16)23-12;1-2/h3-4,12H,20-22H2,1-2H3;1-2H3. The third-order valence-corrected chi connectivity index (χ3v) is 4.27. The number of anilines is 2. The van der Waals surface area contributed by atoms with Crippen molar-refractivity contribution in [1.29, 1.82) is 10.5 Å². The van der Waals surface area contributed by atoms with E-state index in [4.69, 9.17) is 17.2 Å². The normalized spacial score (nSPS) is 17.4. The monoisotopic (exact) mass is 347 g/mol. The summed E-state index contributed by atoms with van der Waals surface area (Å²) in [7, 11) is 0. The lowest BCUT2D eigenvalue weighted by molar-refractivity contribution is 0.823. The lowest BCUT2D eigenvalue weighted by Crippen LogP contribution is -2.38. The fourth-order valence-corrected chi connectivity index (χ4v) is 2.78. The van der Waals surface area contributed by atoms with E-state index in [1.807, 2.05) is 26.8 Å². The highest BCUT2D eigenvalue weighted by Gasteiger charge is 2.24. The number of nitrogen functional groups attached to an aromatic ring is 2. The topological polar surface area (TPSA) is 150 Å². The zero-order valence-electron chi connectivity index (χ0n) is 15.3. The van der Waals surface area contributed by atoms with Gasteiger partial charge in [0.05, 0.1) is 34.1 Å².